The zero-order chi connectivity index (χ0) is 21.8. The van der Waals surface area contributed by atoms with Crippen LogP contribution in [-0.4, -0.2) is 110 Å². The summed E-state index contributed by atoms with van der Waals surface area (Å²) in [6, 6.07) is 6.23. The van der Waals surface area contributed by atoms with Gasteiger partial charge in [0.25, 0.3) is 5.91 Å². The summed E-state index contributed by atoms with van der Waals surface area (Å²) in [6.07, 6.45) is 1.97. The monoisotopic (exact) mass is 430 g/mol. The van der Waals surface area contributed by atoms with Gasteiger partial charge in [-0.1, -0.05) is 12.1 Å². The smallest absolute Gasteiger partial charge is 0.256 e. The van der Waals surface area contributed by atoms with Crippen LogP contribution in [0.25, 0.3) is 0 Å². The summed E-state index contributed by atoms with van der Waals surface area (Å²) >= 11 is 0. The van der Waals surface area contributed by atoms with Gasteiger partial charge in [-0.05, 0) is 38.3 Å². The van der Waals surface area contributed by atoms with E-state index in [9.17, 15) is 9.90 Å². The lowest BCUT2D eigenvalue weighted by atomic mass is 9.97. The molecule has 1 N–H and O–H groups in total. The average molecular weight is 431 g/mol. The molecule has 1 unspecified atom stereocenters. The Morgan fingerprint density at radius 2 is 1.77 bits per heavy atom. The third kappa shape index (κ3) is 5.58. The summed E-state index contributed by atoms with van der Waals surface area (Å²) in [7, 11) is 0. The second-order valence-electron chi connectivity index (χ2n) is 9.37. The molecule has 7 nitrogen and oxygen atoms in total. The molecule has 0 saturated carbocycles. The van der Waals surface area contributed by atoms with Crippen molar-refractivity contribution in [2.24, 2.45) is 0 Å². The third-order valence-corrected chi connectivity index (χ3v) is 6.71. The van der Waals surface area contributed by atoms with Crippen LogP contribution in [0.5, 0.6) is 0 Å². The number of para-hydroxylation sites is 1. The molecule has 1 aromatic carbocycles. The van der Waals surface area contributed by atoms with Gasteiger partial charge in [-0.25, -0.2) is 0 Å². The molecule has 0 bridgehead atoms. The van der Waals surface area contributed by atoms with E-state index in [2.05, 4.69) is 20.8 Å². The number of rotatable bonds is 8. The summed E-state index contributed by atoms with van der Waals surface area (Å²) < 4.78 is 5.52. The highest BCUT2D eigenvalue weighted by atomic mass is 16.5. The molecular weight excluding hydrogens is 392 g/mol. The lowest BCUT2D eigenvalue weighted by molar-refractivity contribution is -0.0147. The predicted molar refractivity (Wildman–Crippen MR) is 123 cm³/mol. The minimum absolute atomic E-state index is 0.150. The maximum Gasteiger partial charge on any atom is 0.256 e. The summed E-state index contributed by atoms with van der Waals surface area (Å²) in [5, 5.41) is 10.2. The minimum Gasteiger partial charge on any atom is -0.389 e. The van der Waals surface area contributed by atoms with E-state index in [1.165, 1.54) is 17.7 Å². The fraction of sp³-hybridized carbons (Fsp3) is 0.708. The van der Waals surface area contributed by atoms with Gasteiger partial charge >= 0.3 is 0 Å². The van der Waals surface area contributed by atoms with Crippen molar-refractivity contribution in [1.82, 2.24) is 14.7 Å². The van der Waals surface area contributed by atoms with E-state index >= 15 is 0 Å². The topological polar surface area (TPSA) is 59.5 Å². The summed E-state index contributed by atoms with van der Waals surface area (Å²) in [4.78, 5) is 22.5. The van der Waals surface area contributed by atoms with Gasteiger partial charge in [0.1, 0.15) is 0 Å². The molecule has 172 valence electrons. The fourth-order valence-corrected chi connectivity index (χ4v) is 4.97. The highest BCUT2D eigenvalue weighted by Crippen LogP contribution is 2.33. The van der Waals surface area contributed by atoms with Gasteiger partial charge in [0, 0.05) is 65.4 Å². The number of benzene rings is 1. The van der Waals surface area contributed by atoms with Crippen molar-refractivity contribution in [1.29, 1.82) is 0 Å². The van der Waals surface area contributed by atoms with Crippen molar-refractivity contribution in [3.05, 3.63) is 29.3 Å². The first-order valence-electron chi connectivity index (χ1n) is 11.9. The number of ether oxygens (including phenoxy) is 1. The van der Waals surface area contributed by atoms with E-state index in [0.29, 0.717) is 13.2 Å². The molecule has 1 amide bonds. The fourth-order valence-electron chi connectivity index (χ4n) is 4.97. The largest absolute Gasteiger partial charge is 0.389 e. The van der Waals surface area contributed by atoms with Gasteiger partial charge in [-0.2, -0.15) is 0 Å². The lowest BCUT2D eigenvalue weighted by Crippen LogP contribution is -2.51. The van der Waals surface area contributed by atoms with Gasteiger partial charge in [-0.15, -0.1) is 0 Å². The van der Waals surface area contributed by atoms with Gasteiger partial charge in [0.15, 0.2) is 0 Å². The molecule has 1 saturated heterocycles. The lowest BCUT2D eigenvalue weighted by Gasteiger charge is -2.36. The molecule has 0 radical (unpaired) electrons. The molecule has 3 heterocycles. The molecule has 1 fully saturated rings. The van der Waals surface area contributed by atoms with Crippen molar-refractivity contribution in [3.63, 3.8) is 0 Å². The van der Waals surface area contributed by atoms with E-state index in [0.717, 1.165) is 70.9 Å². The van der Waals surface area contributed by atoms with Crippen LogP contribution in [0.4, 0.5) is 5.69 Å². The Morgan fingerprint density at radius 1 is 1.00 bits per heavy atom. The second-order valence-corrected chi connectivity index (χ2v) is 9.37. The molecule has 1 aromatic rings. The van der Waals surface area contributed by atoms with Crippen LogP contribution < -0.4 is 4.90 Å². The summed E-state index contributed by atoms with van der Waals surface area (Å²) in [5.41, 5.74) is 3.41. The Labute approximate surface area is 186 Å². The molecule has 31 heavy (non-hydrogen) atoms. The molecule has 0 aromatic heterocycles. The first-order valence-corrected chi connectivity index (χ1v) is 11.9. The first kappa shape index (κ1) is 22.5. The number of aliphatic hydroxyl groups excluding tert-OH is 1. The number of carbonyl (C=O) groups excluding carboxylic acids is 1. The molecule has 0 aliphatic carbocycles. The van der Waals surface area contributed by atoms with Crippen LogP contribution in [0.15, 0.2) is 18.2 Å². The average Bonchev–Trinajstić information content (AvgIpc) is 2.91. The molecule has 4 rings (SSSR count). The van der Waals surface area contributed by atoms with Gasteiger partial charge in [0.2, 0.25) is 0 Å². The molecule has 3 aliphatic heterocycles. The number of amides is 1. The molecular formula is C24H38N4O3. The Hall–Kier alpha value is -1.67. The predicted octanol–water partition coefficient (Wildman–Crippen LogP) is 1.30. The molecule has 3 aliphatic rings. The van der Waals surface area contributed by atoms with Crippen molar-refractivity contribution in [2.75, 3.05) is 77.0 Å². The number of β-amino-alcohol motifs (C(OH)–C–C–N with tert-alkyl or cyclic N) is 1. The minimum atomic E-state index is -0.431. The molecule has 7 heteroatoms. The Morgan fingerprint density at radius 3 is 2.55 bits per heavy atom. The highest BCUT2D eigenvalue weighted by molar-refractivity contribution is 6.01. The van der Waals surface area contributed by atoms with Crippen molar-refractivity contribution < 1.29 is 14.6 Å². The number of hydrogen-bond donors (Lipinski definition) is 1. The van der Waals surface area contributed by atoms with Gasteiger partial charge < -0.3 is 19.6 Å². The number of aryl methyl sites for hydroxylation is 1. The third-order valence-electron chi connectivity index (χ3n) is 6.71. The van der Waals surface area contributed by atoms with Crippen LogP contribution in [0.2, 0.25) is 0 Å². The van der Waals surface area contributed by atoms with Crippen LogP contribution in [0.3, 0.4) is 0 Å². The number of piperazine rings is 1. The molecule has 1 atom stereocenters. The summed E-state index contributed by atoms with van der Waals surface area (Å²) in [6.45, 7) is 13.4. The number of hydrogen-bond acceptors (Lipinski definition) is 6. The summed E-state index contributed by atoms with van der Waals surface area (Å²) in [5.74, 6) is 0.188. The zero-order valence-corrected chi connectivity index (χ0v) is 19.1. The number of anilines is 1. The quantitative estimate of drug-likeness (QED) is 0.671. The second kappa shape index (κ2) is 10.3. The highest BCUT2D eigenvalue weighted by Gasteiger charge is 2.30. The van der Waals surface area contributed by atoms with Crippen LogP contribution in [0, 0.1) is 0 Å². The number of nitrogens with zero attached hydrogens (tertiary/aromatic N) is 4. The van der Waals surface area contributed by atoms with Crippen molar-refractivity contribution in [3.8, 4) is 0 Å². The van der Waals surface area contributed by atoms with Crippen LogP contribution in [-0.2, 0) is 11.2 Å². The first-order chi connectivity index (χ1) is 15.0. The standard InChI is InChI=1S/C24H38N4O3/c1-19(2)31-18-21(29)17-26-11-9-25(10-12-26)13-14-28-16-15-27-8-4-6-20-5-3-7-22(23(20)27)24(28)30/h3,5,7,19,21,29H,4,6,8-18H2,1-2H3. The van der Waals surface area contributed by atoms with E-state index in [1.807, 2.05) is 30.9 Å². The van der Waals surface area contributed by atoms with Crippen LogP contribution in [0.1, 0.15) is 36.2 Å². The normalized spacial score (nSPS) is 21.4. The number of carbonyl (C=O) groups is 1. The Balaban J connectivity index is 1.25. The maximum absolute atomic E-state index is 13.3. The van der Waals surface area contributed by atoms with Crippen LogP contribution >= 0.6 is 0 Å². The maximum atomic E-state index is 13.3. The zero-order valence-electron chi connectivity index (χ0n) is 19.1. The Bertz CT molecular complexity index is 748. The SMILES string of the molecule is CC(C)OCC(O)CN1CCN(CCN2CCN3CCCc4cccc(c43)C2=O)CC1. The van der Waals surface area contributed by atoms with E-state index < -0.39 is 6.10 Å². The molecule has 0 spiro atoms. The van der Waals surface area contributed by atoms with E-state index in [1.54, 1.807) is 0 Å². The number of aliphatic hydroxyl groups is 1. The van der Waals surface area contributed by atoms with Crippen molar-refractivity contribution >= 4 is 11.6 Å². The van der Waals surface area contributed by atoms with E-state index in [4.69, 9.17) is 4.74 Å². The van der Waals surface area contributed by atoms with Gasteiger partial charge in [0.05, 0.1) is 30.1 Å². The Kier molecular flexibility index (Phi) is 7.48. The van der Waals surface area contributed by atoms with Gasteiger partial charge in [-0.3, -0.25) is 14.6 Å². The van der Waals surface area contributed by atoms with Crippen molar-refractivity contribution in [2.45, 2.75) is 38.9 Å². The van der Waals surface area contributed by atoms with E-state index in [-0.39, 0.29) is 12.0 Å².